The van der Waals surface area contributed by atoms with Crippen molar-refractivity contribution in [2.24, 2.45) is 0 Å². The number of nitrogens with one attached hydrogen (secondary N) is 1. The van der Waals surface area contributed by atoms with E-state index in [-0.39, 0.29) is 16.7 Å². The summed E-state index contributed by atoms with van der Waals surface area (Å²) in [5, 5.41) is 14.1. The van der Waals surface area contributed by atoms with E-state index in [9.17, 15) is 10.1 Å². The fourth-order valence-corrected chi connectivity index (χ4v) is 2.19. The zero-order valence-electron chi connectivity index (χ0n) is 10.7. The topological polar surface area (TPSA) is 64.4 Å². The summed E-state index contributed by atoms with van der Waals surface area (Å²) in [6, 6.07) is 3.36. The molecule has 1 aromatic carbocycles. The maximum Gasteiger partial charge on any atom is 0.272 e. The molecule has 0 aromatic heterocycles. The summed E-state index contributed by atoms with van der Waals surface area (Å²) < 4.78 is 5.94. The van der Waals surface area contributed by atoms with Crippen LogP contribution < -0.4 is 10.1 Å². The highest BCUT2D eigenvalue weighted by Gasteiger charge is 2.18. The van der Waals surface area contributed by atoms with Gasteiger partial charge in [0.25, 0.3) is 5.69 Å². The van der Waals surface area contributed by atoms with E-state index in [0.717, 1.165) is 37.2 Å². The second kappa shape index (κ2) is 5.35. The van der Waals surface area contributed by atoms with Gasteiger partial charge < -0.3 is 10.1 Å². The van der Waals surface area contributed by atoms with Crippen molar-refractivity contribution < 1.29 is 9.66 Å². The monoisotopic (exact) mass is 250 g/mol. The van der Waals surface area contributed by atoms with Crippen LogP contribution in [0, 0.1) is 24.0 Å². The van der Waals surface area contributed by atoms with Gasteiger partial charge >= 0.3 is 0 Å². The molecule has 1 saturated heterocycles. The number of nitro benzene ring substituents is 1. The van der Waals surface area contributed by atoms with Crippen molar-refractivity contribution in [1.29, 1.82) is 0 Å². The maximum atomic E-state index is 10.8. The van der Waals surface area contributed by atoms with Crippen LogP contribution in [0.1, 0.15) is 24.0 Å². The molecule has 1 heterocycles. The SMILES string of the molecule is Cc1cc([N+](=O)[O-])c(C)cc1OC1CCNCC1. The molecule has 0 bridgehead atoms. The molecule has 98 valence electrons. The second-order valence-corrected chi connectivity index (χ2v) is 4.73. The smallest absolute Gasteiger partial charge is 0.272 e. The molecule has 18 heavy (non-hydrogen) atoms. The van der Waals surface area contributed by atoms with Crippen LogP contribution in [0.25, 0.3) is 0 Å². The molecule has 1 aliphatic rings. The summed E-state index contributed by atoms with van der Waals surface area (Å²) in [5.74, 6) is 0.769. The molecule has 5 nitrogen and oxygen atoms in total. The lowest BCUT2D eigenvalue weighted by Gasteiger charge is -2.24. The fraction of sp³-hybridized carbons (Fsp3) is 0.538. The molecule has 0 radical (unpaired) electrons. The molecule has 0 atom stereocenters. The summed E-state index contributed by atoms with van der Waals surface area (Å²) in [4.78, 5) is 10.5. The van der Waals surface area contributed by atoms with E-state index in [1.807, 2.05) is 6.92 Å². The Bertz CT molecular complexity index is 454. The van der Waals surface area contributed by atoms with Crippen LogP contribution in [0.5, 0.6) is 5.75 Å². The molecule has 5 heteroatoms. The van der Waals surface area contributed by atoms with Crippen molar-refractivity contribution in [2.45, 2.75) is 32.8 Å². The van der Waals surface area contributed by atoms with Gasteiger partial charge in [0.1, 0.15) is 11.9 Å². The minimum atomic E-state index is -0.351. The third-order valence-electron chi connectivity index (χ3n) is 3.27. The Morgan fingerprint density at radius 2 is 1.94 bits per heavy atom. The van der Waals surface area contributed by atoms with Crippen molar-refractivity contribution in [3.05, 3.63) is 33.4 Å². The summed E-state index contributed by atoms with van der Waals surface area (Å²) >= 11 is 0. The second-order valence-electron chi connectivity index (χ2n) is 4.73. The summed E-state index contributed by atoms with van der Waals surface area (Å²) in [7, 11) is 0. The van der Waals surface area contributed by atoms with Crippen LogP contribution >= 0.6 is 0 Å². The Labute approximate surface area is 106 Å². The summed E-state index contributed by atoms with van der Waals surface area (Å²) in [6.07, 6.45) is 2.18. The van der Waals surface area contributed by atoms with E-state index in [4.69, 9.17) is 4.74 Å². The minimum Gasteiger partial charge on any atom is -0.490 e. The number of ether oxygens (including phenoxy) is 1. The number of rotatable bonds is 3. The Morgan fingerprint density at radius 1 is 1.28 bits per heavy atom. The molecule has 0 unspecified atom stereocenters. The first-order chi connectivity index (χ1) is 8.58. The van der Waals surface area contributed by atoms with Gasteiger partial charge in [-0.05, 0) is 51.4 Å². The number of benzene rings is 1. The van der Waals surface area contributed by atoms with Gasteiger partial charge in [0.15, 0.2) is 0 Å². The molecule has 0 aliphatic carbocycles. The lowest BCUT2D eigenvalue weighted by atomic mass is 10.1. The molecule has 2 rings (SSSR count). The standard InChI is InChI=1S/C13H18N2O3/c1-9-8-13(10(2)7-12(9)15(16)17)18-11-3-5-14-6-4-11/h7-8,11,14H,3-6H2,1-2H3. The van der Waals surface area contributed by atoms with Gasteiger partial charge in [-0.25, -0.2) is 0 Å². The zero-order valence-corrected chi connectivity index (χ0v) is 10.7. The molecule has 1 fully saturated rings. The lowest BCUT2D eigenvalue weighted by molar-refractivity contribution is -0.385. The van der Waals surface area contributed by atoms with Gasteiger partial charge in [-0.2, -0.15) is 0 Å². The number of nitro groups is 1. The van der Waals surface area contributed by atoms with Crippen molar-refractivity contribution in [3.8, 4) is 5.75 Å². The first-order valence-electron chi connectivity index (χ1n) is 6.21. The van der Waals surface area contributed by atoms with E-state index in [1.54, 1.807) is 19.1 Å². The molecule has 1 aliphatic heterocycles. The summed E-state index contributed by atoms with van der Waals surface area (Å²) in [6.45, 7) is 5.53. The Morgan fingerprint density at radius 3 is 2.56 bits per heavy atom. The maximum absolute atomic E-state index is 10.8. The first-order valence-corrected chi connectivity index (χ1v) is 6.21. The van der Waals surface area contributed by atoms with Gasteiger partial charge in [-0.3, -0.25) is 10.1 Å². The van der Waals surface area contributed by atoms with Gasteiger partial charge in [0.05, 0.1) is 4.92 Å². The van der Waals surface area contributed by atoms with Crippen molar-refractivity contribution in [3.63, 3.8) is 0 Å². The Balaban J connectivity index is 2.18. The highest BCUT2D eigenvalue weighted by molar-refractivity contribution is 5.49. The average molecular weight is 250 g/mol. The first kappa shape index (κ1) is 12.8. The molecule has 0 spiro atoms. The van der Waals surface area contributed by atoms with Crippen LogP contribution in [-0.2, 0) is 0 Å². The lowest BCUT2D eigenvalue weighted by Crippen LogP contribution is -2.34. The largest absolute Gasteiger partial charge is 0.490 e. The van der Waals surface area contributed by atoms with Crippen molar-refractivity contribution in [1.82, 2.24) is 5.32 Å². The number of nitrogens with zero attached hydrogens (tertiary/aromatic N) is 1. The quantitative estimate of drug-likeness (QED) is 0.660. The predicted octanol–water partition coefficient (Wildman–Crippen LogP) is 2.34. The van der Waals surface area contributed by atoms with Gasteiger partial charge in [-0.1, -0.05) is 0 Å². The van der Waals surface area contributed by atoms with Gasteiger partial charge in [0.2, 0.25) is 0 Å². The van der Waals surface area contributed by atoms with Crippen LogP contribution in [0.4, 0.5) is 5.69 Å². The fourth-order valence-electron chi connectivity index (χ4n) is 2.19. The van der Waals surface area contributed by atoms with Gasteiger partial charge in [-0.15, -0.1) is 0 Å². The number of hydrogen-bond acceptors (Lipinski definition) is 4. The molecule has 1 aromatic rings. The minimum absolute atomic E-state index is 0.158. The van der Waals surface area contributed by atoms with Crippen LogP contribution in [0.15, 0.2) is 12.1 Å². The third-order valence-corrected chi connectivity index (χ3v) is 3.27. The Hall–Kier alpha value is -1.62. The van der Waals surface area contributed by atoms with E-state index >= 15 is 0 Å². The predicted molar refractivity (Wildman–Crippen MR) is 69.1 cm³/mol. The van der Waals surface area contributed by atoms with E-state index in [1.165, 1.54) is 0 Å². The molecular weight excluding hydrogens is 232 g/mol. The number of hydrogen-bond donors (Lipinski definition) is 1. The average Bonchev–Trinajstić information content (AvgIpc) is 2.34. The zero-order chi connectivity index (χ0) is 13.1. The van der Waals surface area contributed by atoms with Crippen LogP contribution in [0.2, 0.25) is 0 Å². The Kier molecular flexibility index (Phi) is 3.81. The van der Waals surface area contributed by atoms with Crippen LogP contribution in [0.3, 0.4) is 0 Å². The molecular formula is C13H18N2O3. The number of piperidine rings is 1. The number of aryl methyl sites for hydroxylation is 2. The normalized spacial score (nSPS) is 16.6. The van der Waals surface area contributed by atoms with E-state index in [2.05, 4.69) is 5.32 Å². The van der Waals surface area contributed by atoms with Crippen molar-refractivity contribution in [2.75, 3.05) is 13.1 Å². The van der Waals surface area contributed by atoms with E-state index < -0.39 is 0 Å². The van der Waals surface area contributed by atoms with E-state index in [0.29, 0.717) is 5.56 Å². The highest BCUT2D eigenvalue weighted by Crippen LogP contribution is 2.29. The van der Waals surface area contributed by atoms with Crippen LogP contribution in [-0.4, -0.2) is 24.1 Å². The van der Waals surface area contributed by atoms with Gasteiger partial charge in [0, 0.05) is 11.6 Å². The van der Waals surface area contributed by atoms with Crippen molar-refractivity contribution >= 4 is 5.69 Å². The molecule has 0 amide bonds. The summed E-state index contributed by atoms with van der Waals surface area (Å²) in [5.41, 5.74) is 1.63. The third kappa shape index (κ3) is 2.79. The highest BCUT2D eigenvalue weighted by atomic mass is 16.6. The molecule has 1 N–H and O–H groups in total. The molecule has 0 saturated carbocycles.